The molecule has 1 heterocycles. The van der Waals surface area contributed by atoms with Crippen molar-refractivity contribution in [1.29, 1.82) is 0 Å². The SMILES string of the molecule is Cc1cnc(NC(=O)c2cc[c]cc2)s1. The van der Waals surface area contributed by atoms with Crippen LogP contribution in [0.5, 0.6) is 0 Å². The Morgan fingerprint density at radius 2 is 2.20 bits per heavy atom. The zero-order valence-corrected chi connectivity index (χ0v) is 8.97. The number of aromatic nitrogens is 1. The molecule has 1 N–H and O–H groups in total. The summed E-state index contributed by atoms with van der Waals surface area (Å²) in [5.74, 6) is -0.140. The Hall–Kier alpha value is -1.68. The van der Waals surface area contributed by atoms with E-state index in [1.54, 1.807) is 30.5 Å². The van der Waals surface area contributed by atoms with Gasteiger partial charge in [-0.05, 0) is 25.1 Å². The second-order valence-corrected chi connectivity index (χ2v) is 4.25. The first kappa shape index (κ1) is 9.86. The van der Waals surface area contributed by atoms with Gasteiger partial charge in [-0.25, -0.2) is 4.98 Å². The van der Waals surface area contributed by atoms with Gasteiger partial charge < -0.3 is 0 Å². The van der Waals surface area contributed by atoms with Crippen LogP contribution in [0.3, 0.4) is 0 Å². The van der Waals surface area contributed by atoms with Gasteiger partial charge in [-0.1, -0.05) is 12.1 Å². The average molecular weight is 217 g/mol. The number of anilines is 1. The molecule has 4 heteroatoms. The Kier molecular flexibility index (Phi) is 2.78. The van der Waals surface area contributed by atoms with Crippen molar-refractivity contribution in [2.45, 2.75) is 6.92 Å². The number of thiazole rings is 1. The average Bonchev–Trinajstić information content (AvgIpc) is 2.65. The monoisotopic (exact) mass is 217 g/mol. The van der Waals surface area contributed by atoms with Gasteiger partial charge in [0.05, 0.1) is 0 Å². The highest BCUT2D eigenvalue weighted by molar-refractivity contribution is 7.15. The molecule has 1 aromatic heterocycles. The first-order valence-corrected chi connectivity index (χ1v) is 5.27. The van der Waals surface area contributed by atoms with Crippen molar-refractivity contribution >= 4 is 22.4 Å². The van der Waals surface area contributed by atoms with Gasteiger partial charge in [-0.2, -0.15) is 0 Å². The molecule has 0 bridgehead atoms. The fraction of sp³-hybridized carbons (Fsp3) is 0.0909. The van der Waals surface area contributed by atoms with E-state index >= 15 is 0 Å². The number of carbonyl (C=O) groups excluding carboxylic acids is 1. The molecular formula is C11H9N2OS. The van der Waals surface area contributed by atoms with E-state index in [1.807, 2.05) is 6.92 Å². The summed E-state index contributed by atoms with van der Waals surface area (Å²) in [6, 6.07) is 9.72. The minimum atomic E-state index is -0.140. The molecule has 0 aliphatic rings. The van der Waals surface area contributed by atoms with Crippen LogP contribution >= 0.6 is 11.3 Å². The standard InChI is InChI=1S/C11H9N2OS/c1-8-7-12-11(15-8)13-10(14)9-5-3-2-4-6-9/h3-7H,1H3,(H,12,13,14). The van der Waals surface area contributed by atoms with E-state index in [0.717, 1.165) is 4.88 Å². The van der Waals surface area contributed by atoms with Gasteiger partial charge in [0, 0.05) is 16.6 Å². The third-order valence-electron chi connectivity index (χ3n) is 1.82. The van der Waals surface area contributed by atoms with Crippen LogP contribution in [-0.4, -0.2) is 10.9 Å². The Bertz CT molecular complexity index is 464. The summed E-state index contributed by atoms with van der Waals surface area (Å²) < 4.78 is 0. The van der Waals surface area contributed by atoms with Crippen molar-refractivity contribution in [2.24, 2.45) is 0 Å². The smallest absolute Gasteiger partial charge is 0.257 e. The quantitative estimate of drug-likeness (QED) is 0.839. The zero-order chi connectivity index (χ0) is 10.7. The van der Waals surface area contributed by atoms with Gasteiger partial charge in [-0.15, -0.1) is 11.3 Å². The van der Waals surface area contributed by atoms with Crippen LogP contribution in [0.4, 0.5) is 5.13 Å². The molecule has 0 saturated carbocycles. The Balaban J connectivity index is 2.11. The highest BCUT2D eigenvalue weighted by Gasteiger charge is 2.06. The van der Waals surface area contributed by atoms with E-state index in [2.05, 4.69) is 16.4 Å². The van der Waals surface area contributed by atoms with Crippen LogP contribution in [0.2, 0.25) is 0 Å². The third-order valence-corrected chi connectivity index (χ3v) is 2.65. The van der Waals surface area contributed by atoms with Crippen molar-refractivity contribution < 1.29 is 4.79 Å². The Morgan fingerprint density at radius 1 is 1.47 bits per heavy atom. The van der Waals surface area contributed by atoms with Crippen molar-refractivity contribution in [2.75, 3.05) is 5.32 Å². The van der Waals surface area contributed by atoms with Crippen LogP contribution in [0.15, 0.2) is 30.5 Å². The molecule has 0 aliphatic heterocycles. The Morgan fingerprint density at radius 3 is 2.80 bits per heavy atom. The van der Waals surface area contributed by atoms with Crippen LogP contribution < -0.4 is 5.32 Å². The molecule has 2 rings (SSSR count). The molecule has 0 saturated heterocycles. The number of hydrogen-bond donors (Lipinski definition) is 1. The summed E-state index contributed by atoms with van der Waals surface area (Å²) in [5.41, 5.74) is 0.613. The zero-order valence-electron chi connectivity index (χ0n) is 8.15. The lowest BCUT2D eigenvalue weighted by Gasteiger charge is -2.00. The molecule has 0 unspecified atom stereocenters. The molecule has 2 aromatic rings. The summed E-state index contributed by atoms with van der Waals surface area (Å²) in [6.07, 6.45) is 1.74. The molecule has 0 aliphatic carbocycles. The van der Waals surface area contributed by atoms with E-state index in [-0.39, 0.29) is 5.91 Å². The van der Waals surface area contributed by atoms with Crippen molar-refractivity contribution in [3.63, 3.8) is 0 Å². The first-order chi connectivity index (χ1) is 7.25. The second-order valence-electron chi connectivity index (χ2n) is 3.02. The molecule has 0 fully saturated rings. The predicted molar refractivity (Wildman–Crippen MR) is 60.1 cm³/mol. The summed E-state index contributed by atoms with van der Waals surface area (Å²) in [7, 11) is 0. The number of hydrogen-bond acceptors (Lipinski definition) is 3. The lowest BCUT2D eigenvalue weighted by atomic mass is 10.2. The van der Waals surface area contributed by atoms with E-state index in [1.165, 1.54) is 11.3 Å². The van der Waals surface area contributed by atoms with Crippen molar-refractivity contribution in [3.05, 3.63) is 47.0 Å². The normalized spacial score (nSPS) is 9.93. The second kappa shape index (κ2) is 4.23. The van der Waals surface area contributed by atoms with Crippen molar-refractivity contribution in [1.82, 2.24) is 4.98 Å². The molecule has 75 valence electrons. The number of rotatable bonds is 2. The highest BCUT2D eigenvalue weighted by atomic mass is 32.1. The van der Waals surface area contributed by atoms with E-state index in [9.17, 15) is 4.79 Å². The van der Waals surface area contributed by atoms with Crippen LogP contribution in [0.25, 0.3) is 0 Å². The largest absolute Gasteiger partial charge is 0.298 e. The van der Waals surface area contributed by atoms with Gasteiger partial charge in [0.1, 0.15) is 0 Å². The fourth-order valence-corrected chi connectivity index (χ4v) is 1.78. The van der Waals surface area contributed by atoms with Gasteiger partial charge in [0.25, 0.3) is 5.91 Å². The number of amides is 1. The summed E-state index contributed by atoms with van der Waals surface area (Å²) in [5, 5.41) is 3.36. The molecule has 1 aromatic carbocycles. The highest BCUT2D eigenvalue weighted by Crippen LogP contribution is 2.17. The number of benzene rings is 1. The van der Waals surface area contributed by atoms with Gasteiger partial charge in [-0.3, -0.25) is 10.1 Å². The van der Waals surface area contributed by atoms with Crippen LogP contribution in [0.1, 0.15) is 15.2 Å². The number of nitrogens with zero attached hydrogens (tertiary/aromatic N) is 1. The Labute approximate surface area is 91.8 Å². The molecule has 0 spiro atoms. The molecule has 0 atom stereocenters. The predicted octanol–water partition coefficient (Wildman–Crippen LogP) is 2.50. The van der Waals surface area contributed by atoms with Gasteiger partial charge >= 0.3 is 0 Å². The fourth-order valence-electron chi connectivity index (χ4n) is 1.12. The minimum Gasteiger partial charge on any atom is -0.298 e. The first-order valence-electron chi connectivity index (χ1n) is 4.45. The number of aryl methyl sites for hydroxylation is 1. The summed E-state index contributed by atoms with van der Waals surface area (Å²) in [6.45, 7) is 1.95. The maximum Gasteiger partial charge on any atom is 0.257 e. The third kappa shape index (κ3) is 2.41. The molecule has 3 nitrogen and oxygen atoms in total. The van der Waals surface area contributed by atoms with Crippen LogP contribution in [0, 0.1) is 13.0 Å². The van der Waals surface area contributed by atoms with Gasteiger partial charge in [0.15, 0.2) is 5.13 Å². The van der Waals surface area contributed by atoms with E-state index in [4.69, 9.17) is 0 Å². The topological polar surface area (TPSA) is 42.0 Å². The van der Waals surface area contributed by atoms with E-state index < -0.39 is 0 Å². The maximum atomic E-state index is 11.7. The minimum absolute atomic E-state index is 0.140. The molecule has 1 radical (unpaired) electrons. The van der Waals surface area contributed by atoms with E-state index in [0.29, 0.717) is 10.7 Å². The summed E-state index contributed by atoms with van der Waals surface area (Å²) >= 11 is 1.46. The maximum absolute atomic E-state index is 11.7. The van der Waals surface area contributed by atoms with Crippen molar-refractivity contribution in [3.8, 4) is 0 Å². The molecule has 1 amide bonds. The molecule has 15 heavy (non-hydrogen) atoms. The van der Waals surface area contributed by atoms with Gasteiger partial charge in [0.2, 0.25) is 0 Å². The summed E-state index contributed by atoms with van der Waals surface area (Å²) in [4.78, 5) is 16.8. The lowest BCUT2D eigenvalue weighted by molar-refractivity contribution is 0.102. The van der Waals surface area contributed by atoms with Crippen LogP contribution in [-0.2, 0) is 0 Å². The number of nitrogens with one attached hydrogen (secondary N) is 1. The molecular weight excluding hydrogens is 208 g/mol. The lowest BCUT2D eigenvalue weighted by Crippen LogP contribution is -2.11. The number of carbonyl (C=O) groups is 1.